The summed E-state index contributed by atoms with van der Waals surface area (Å²) in [7, 11) is 0. The Balaban J connectivity index is 1.93. The second-order valence-corrected chi connectivity index (χ2v) is 6.36. The highest BCUT2D eigenvalue weighted by atomic mass is 16.1. The summed E-state index contributed by atoms with van der Waals surface area (Å²) in [5.74, 6) is 0. The largest absolute Gasteiger partial charge is 0.332 e. The van der Waals surface area contributed by atoms with Gasteiger partial charge in [0.05, 0.1) is 5.69 Å². The first kappa shape index (κ1) is 14.1. The SMILES string of the molecule is CC(C)n1ccn(-c2ccc(C3(C)CCCN3)cc2)c1=O. The summed E-state index contributed by atoms with van der Waals surface area (Å²) in [6.07, 6.45) is 6.07. The van der Waals surface area contributed by atoms with Crippen LogP contribution in [0.25, 0.3) is 5.69 Å². The molecule has 1 aliphatic rings. The lowest BCUT2D eigenvalue weighted by molar-refractivity contribution is 0.435. The van der Waals surface area contributed by atoms with Crippen molar-refractivity contribution in [3.63, 3.8) is 0 Å². The molecule has 1 fully saturated rings. The molecule has 1 saturated heterocycles. The molecule has 4 heteroatoms. The third-order valence-corrected chi connectivity index (χ3v) is 4.51. The van der Waals surface area contributed by atoms with Gasteiger partial charge in [-0.05, 0) is 57.9 Å². The predicted molar refractivity (Wildman–Crippen MR) is 85.0 cm³/mol. The molecule has 4 nitrogen and oxygen atoms in total. The Labute approximate surface area is 125 Å². The molecule has 112 valence electrons. The fraction of sp³-hybridized carbons (Fsp3) is 0.471. The molecule has 2 aromatic rings. The van der Waals surface area contributed by atoms with Crippen molar-refractivity contribution in [2.24, 2.45) is 0 Å². The van der Waals surface area contributed by atoms with Crippen LogP contribution in [0.4, 0.5) is 0 Å². The lowest BCUT2D eigenvalue weighted by atomic mass is 9.90. The summed E-state index contributed by atoms with van der Waals surface area (Å²) in [4.78, 5) is 12.3. The normalized spacial score (nSPS) is 22.1. The Morgan fingerprint density at radius 1 is 1.19 bits per heavy atom. The number of benzene rings is 1. The van der Waals surface area contributed by atoms with Crippen molar-refractivity contribution < 1.29 is 0 Å². The highest BCUT2D eigenvalue weighted by Crippen LogP contribution is 2.30. The second kappa shape index (κ2) is 5.19. The van der Waals surface area contributed by atoms with Crippen LogP contribution in [0.15, 0.2) is 41.5 Å². The first-order valence-electron chi connectivity index (χ1n) is 7.67. The fourth-order valence-electron chi connectivity index (χ4n) is 3.11. The molecule has 0 amide bonds. The Hall–Kier alpha value is -1.81. The van der Waals surface area contributed by atoms with Gasteiger partial charge in [-0.1, -0.05) is 12.1 Å². The van der Waals surface area contributed by atoms with Gasteiger partial charge in [0.15, 0.2) is 0 Å². The van der Waals surface area contributed by atoms with E-state index >= 15 is 0 Å². The summed E-state index contributed by atoms with van der Waals surface area (Å²) in [5, 5.41) is 3.57. The number of hydrogen-bond donors (Lipinski definition) is 1. The Morgan fingerprint density at radius 3 is 2.43 bits per heavy atom. The van der Waals surface area contributed by atoms with Crippen LogP contribution in [0.2, 0.25) is 0 Å². The van der Waals surface area contributed by atoms with Crippen molar-refractivity contribution in [3.05, 3.63) is 52.7 Å². The maximum absolute atomic E-state index is 12.3. The maximum Gasteiger partial charge on any atom is 0.332 e. The number of imidazole rings is 1. The van der Waals surface area contributed by atoms with Gasteiger partial charge < -0.3 is 5.32 Å². The van der Waals surface area contributed by atoms with Crippen LogP contribution < -0.4 is 11.0 Å². The summed E-state index contributed by atoms with van der Waals surface area (Å²) >= 11 is 0. The van der Waals surface area contributed by atoms with Gasteiger partial charge >= 0.3 is 5.69 Å². The van der Waals surface area contributed by atoms with Crippen LogP contribution >= 0.6 is 0 Å². The molecule has 1 aromatic carbocycles. The zero-order valence-corrected chi connectivity index (χ0v) is 13.0. The Bertz CT molecular complexity index is 673. The van der Waals surface area contributed by atoms with E-state index in [1.807, 2.05) is 38.4 Å². The van der Waals surface area contributed by atoms with Gasteiger partial charge in [0.1, 0.15) is 0 Å². The van der Waals surface area contributed by atoms with Gasteiger partial charge in [0, 0.05) is 24.0 Å². The number of aromatic nitrogens is 2. The van der Waals surface area contributed by atoms with E-state index in [2.05, 4.69) is 24.4 Å². The van der Waals surface area contributed by atoms with E-state index in [0.29, 0.717) is 0 Å². The van der Waals surface area contributed by atoms with E-state index in [-0.39, 0.29) is 17.3 Å². The maximum atomic E-state index is 12.3. The molecule has 21 heavy (non-hydrogen) atoms. The van der Waals surface area contributed by atoms with E-state index in [9.17, 15) is 4.79 Å². The molecule has 3 rings (SSSR count). The van der Waals surface area contributed by atoms with E-state index in [0.717, 1.165) is 18.7 Å². The van der Waals surface area contributed by atoms with Crippen molar-refractivity contribution in [1.82, 2.24) is 14.5 Å². The lowest BCUT2D eigenvalue weighted by Gasteiger charge is -2.25. The summed E-state index contributed by atoms with van der Waals surface area (Å²) in [6.45, 7) is 7.36. The molecular weight excluding hydrogens is 262 g/mol. The van der Waals surface area contributed by atoms with Crippen molar-refractivity contribution in [2.75, 3.05) is 6.54 Å². The smallest absolute Gasteiger partial charge is 0.308 e. The number of hydrogen-bond acceptors (Lipinski definition) is 2. The molecule has 1 N–H and O–H groups in total. The molecule has 2 heterocycles. The zero-order valence-electron chi connectivity index (χ0n) is 13.0. The van der Waals surface area contributed by atoms with Gasteiger partial charge in [-0.2, -0.15) is 0 Å². The minimum atomic E-state index is 0.0166. The van der Waals surface area contributed by atoms with E-state index in [1.165, 1.54) is 12.0 Å². The van der Waals surface area contributed by atoms with Crippen molar-refractivity contribution in [2.45, 2.75) is 45.2 Å². The van der Waals surface area contributed by atoms with Crippen molar-refractivity contribution >= 4 is 0 Å². The van der Waals surface area contributed by atoms with Gasteiger partial charge in [-0.15, -0.1) is 0 Å². The summed E-state index contributed by atoms with van der Waals surface area (Å²) in [5.41, 5.74) is 2.31. The highest BCUT2D eigenvalue weighted by molar-refractivity contribution is 5.37. The van der Waals surface area contributed by atoms with Crippen LogP contribution in [-0.2, 0) is 5.54 Å². The average molecular weight is 285 g/mol. The van der Waals surface area contributed by atoms with Gasteiger partial charge in [0.2, 0.25) is 0 Å². The molecule has 0 saturated carbocycles. The first-order valence-corrected chi connectivity index (χ1v) is 7.67. The van der Waals surface area contributed by atoms with E-state index < -0.39 is 0 Å². The summed E-state index contributed by atoms with van der Waals surface area (Å²) in [6, 6.07) is 8.51. The average Bonchev–Trinajstić information content (AvgIpc) is 3.06. The minimum absolute atomic E-state index is 0.0166. The van der Waals surface area contributed by atoms with Crippen LogP contribution in [0, 0.1) is 0 Å². The molecule has 1 aliphatic heterocycles. The highest BCUT2D eigenvalue weighted by Gasteiger charge is 2.29. The van der Waals surface area contributed by atoms with Crippen LogP contribution in [0.5, 0.6) is 0 Å². The Morgan fingerprint density at radius 2 is 1.90 bits per heavy atom. The molecule has 1 unspecified atom stereocenters. The van der Waals surface area contributed by atoms with E-state index in [1.54, 1.807) is 9.13 Å². The third kappa shape index (κ3) is 2.44. The van der Waals surface area contributed by atoms with Crippen molar-refractivity contribution in [1.29, 1.82) is 0 Å². The first-order chi connectivity index (χ1) is 10.0. The summed E-state index contributed by atoms with van der Waals surface area (Å²) < 4.78 is 3.45. The fourth-order valence-corrected chi connectivity index (χ4v) is 3.11. The molecule has 1 aromatic heterocycles. The van der Waals surface area contributed by atoms with Gasteiger partial charge in [-0.3, -0.25) is 9.13 Å². The van der Waals surface area contributed by atoms with Gasteiger partial charge in [-0.25, -0.2) is 4.79 Å². The van der Waals surface area contributed by atoms with Crippen molar-refractivity contribution in [3.8, 4) is 5.69 Å². The molecule has 0 radical (unpaired) electrons. The monoisotopic (exact) mass is 285 g/mol. The van der Waals surface area contributed by atoms with Crippen LogP contribution in [-0.4, -0.2) is 15.7 Å². The zero-order chi connectivity index (χ0) is 15.0. The lowest BCUT2D eigenvalue weighted by Crippen LogP contribution is -2.33. The second-order valence-electron chi connectivity index (χ2n) is 6.36. The number of rotatable bonds is 3. The number of nitrogens with zero attached hydrogens (tertiary/aromatic N) is 2. The third-order valence-electron chi connectivity index (χ3n) is 4.51. The number of nitrogens with one attached hydrogen (secondary N) is 1. The predicted octanol–water partition coefficient (Wildman–Crippen LogP) is 2.82. The van der Waals surface area contributed by atoms with Crippen LogP contribution in [0.1, 0.15) is 45.2 Å². The van der Waals surface area contributed by atoms with E-state index in [4.69, 9.17) is 0 Å². The van der Waals surface area contributed by atoms with Gasteiger partial charge in [0.25, 0.3) is 0 Å². The molecule has 0 aliphatic carbocycles. The molecule has 0 bridgehead atoms. The quantitative estimate of drug-likeness (QED) is 0.942. The standard InChI is InChI=1S/C17H23N3O/c1-13(2)19-11-12-20(16(19)21)15-7-5-14(6-8-15)17(3)9-4-10-18-17/h5-8,11-13,18H,4,9-10H2,1-3H3. The topological polar surface area (TPSA) is 39.0 Å². The Kier molecular flexibility index (Phi) is 3.49. The molecular formula is C17H23N3O. The molecule has 0 spiro atoms. The molecule has 1 atom stereocenters. The minimum Gasteiger partial charge on any atom is -0.308 e. The van der Waals surface area contributed by atoms with Crippen LogP contribution in [0.3, 0.4) is 0 Å².